The molecule has 47 heavy (non-hydrogen) atoms. The molecule has 252 valence electrons. The number of carbonyl (C=O) groups is 2. The lowest BCUT2D eigenvalue weighted by atomic mass is 9.73. The molecule has 8 nitrogen and oxygen atoms in total. The molecule has 2 aromatic carbocycles. The second kappa shape index (κ2) is 13.5. The summed E-state index contributed by atoms with van der Waals surface area (Å²) in [5, 5.41) is 21.6. The number of aromatic amines is 2. The Morgan fingerprint density at radius 2 is 1.11 bits per heavy atom. The number of carbonyl (C=O) groups excluding carboxylic acids is 2. The normalized spacial score (nSPS) is 18.3. The predicted octanol–water partition coefficient (Wildman–Crippen LogP) is 7.14. The average molecular weight is 643 g/mol. The summed E-state index contributed by atoms with van der Waals surface area (Å²) in [6, 6.07) is 12.1. The van der Waals surface area contributed by atoms with Gasteiger partial charge in [0.05, 0.1) is 13.2 Å². The van der Waals surface area contributed by atoms with E-state index < -0.39 is 29.6 Å². The number of nitrogens with one attached hydrogen (secondary N) is 2. The van der Waals surface area contributed by atoms with Crippen LogP contribution in [-0.4, -0.2) is 43.3 Å². The summed E-state index contributed by atoms with van der Waals surface area (Å²) >= 11 is 0. The first kappa shape index (κ1) is 33.3. The number of hydrogen-bond donors (Lipinski definition) is 4. The fourth-order valence-electron chi connectivity index (χ4n) is 8.80. The van der Waals surface area contributed by atoms with Gasteiger partial charge in [-0.2, -0.15) is 0 Å². The number of aromatic nitrogens is 2. The molecule has 4 N–H and O–H groups in total. The Kier molecular flexibility index (Phi) is 9.54. The second-order valence-electron chi connectivity index (χ2n) is 13.8. The smallest absolute Gasteiger partial charge is 0.317 e. The van der Waals surface area contributed by atoms with E-state index in [2.05, 4.69) is 49.8 Å². The van der Waals surface area contributed by atoms with Gasteiger partial charge in [0.1, 0.15) is 17.6 Å². The average Bonchev–Trinajstić information content (AvgIpc) is 3.65. The van der Waals surface area contributed by atoms with Crippen LogP contribution < -0.4 is 0 Å². The summed E-state index contributed by atoms with van der Waals surface area (Å²) < 4.78 is 12.6. The van der Waals surface area contributed by atoms with Crippen molar-refractivity contribution in [1.29, 1.82) is 0 Å². The molecule has 0 aliphatic heterocycles. The molecule has 2 unspecified atom stereocenters. The van der Waals surface area contributed by atoms with E-state index in [1.807, 2.05) is 24.3 Å². The van der Waals surface area contributed by atoms with Crippen LogP contribution >= 0.6 is 0 Å². The highest BCUT2D eigenvalue weighted by atomic mass is 16.6. The quantitative estimate of drug-likeness (QED) is 0.0962. The number of benzene rings is 2. The van der Waals surface area contributed by atoms with Crippen molar-refractivity contribution in [2.75, 3.05) is 0 Å². The minimum absolute atomic E-state index is 0.0157. The highest BCUT2D eigenvalue weighted by Crippen LogP contribution is 2.43. The number of rotatable bonds is 12. The zero-order valence-electron chi connectivity index (χ0n) is 28.3. The van der Waals surface area contributed by atoms with E-state index in [9.17, 15) is 19.8 Å². The number of H-pyrrole nitrogens is 2. The van der Waals surface area contributed by atoms with E-state index in [4.69, 9.17) is 9.47 Å². The van der Waals surface area contributed by atoms with E-state index in [1.165, 1.54) is 22.5 Å². The molecule has 0 saturated heterocycles. The van der Waals surface area contributed by atoms with Crippen molar-refractivity contribution in [2.45, 2.75) is 123 Å². The Labute approximate surface area is 277 Å². The molecule has 6 rings (SSSR count). The van der Waals surface area contributed by atoms with Gasteiger partial charge < -0.3 is 29.7 Å². The van der Waals surface area contributed by atoms with Crippen molar-refractivity contribution in [2.24, 2.45) is 11.8 Å². The maximum Gasteiger partial charge on any atom is 0.317 e. The van der Waals surface area contributed by atoms with Gasteiger partial charge in [0, 0.05) is 45.0 Å². The molecule has 2 aromatic heterocycles. The summed E-state index contributed by atoms with van der Waals surface area (Å²) in [6.07, 6.45) is 7.32. The Bertz CT molecular complexity index is 1630. The first-order valence-electron chi connectivity index (χ1n) is 17.6. The van der Waals surface area contributed by atoms with Gasteiger partial charge in [0.15, 0.2) is 0 Å². The van der Waals surface area contributed by atoms with Crippen LogP contribution in [0.2, 0.25) is 0 Å². The minimum atomic E-state index is -0.666. The van der Waals surface area contributed by atoms with Crippen LogP contribution in [0.1, 0.15) is 106 Å². The third-order valence-electron chi connectivity index (χ3n) is 11.7. The zero-order chi connectivity index (χ0) is 33.3. The third kappa shape index (κ3) is 6.11. The summed E-state index contributed by atoms with van der Waals surface area (Å²) in [4.78, 5) is 34.1. The lowest BCUT2D eigenvalue weighted by molar-refractivity contribution is -0.180. The van der Waals surface area contributed by atoms with E-state index in [0.29, 0.717) is 25.7 Å². The number of esters is 2. The van der Waals surface area contributed by atoms with E-state index in [0.717, 1.165) is 71.5 Å². The monoisotopic (exact) mass is 642 g/mol. The Morgan fingerprint density at radius 1 is 0.702 bits per heavy atom. The fraction of sp³-hybridized carbons (Fsp3) is 0.538. The van der Waals surface area contributed by atoms with Crippen molar-refractivity contribution in [1.82, 2.24) is 9.97 Å². The number of aliphatic hydroxyl groups excluding tert-OH is 2. The standard InChI is InChI=1S/C39H50N2O6/c1-5-38(6-2,26-11-13-28-30-17-24(22-42)9-15-32(30)40-34(28)19-26)46-36(44)21-37(45)47-39(7-3,8-4)27-12-14-29-31-18-25(23-43)10-16-33(31)41-35(29)20-27/h9-10,15-18,26-27,40-43H,5-8,11-14,19-23H2,1-4H3. The van der Waals surface area contributed by atoms with Gasteiger partial charge in [-0.3, -0.25) is 9.59 Å². The first-order valence-corrected chi connectivity index (χ1v) is 17.6. The van der Waals surface area contributed by atoms with Gasteiger partial charge in [0.2, 0.25) is 0 Å². The number of hydrogen-bond acceptors (Lipinski definition) is 6. The maximum atomic E-state index is 13.5. The number of aryl methyl sites for hydroxylation is 2. The molecule has 8 heteroatoms. The van der Waals surface area contributed by atoms with Crippen LogP contribution in [-0.2, 0) is 58.0 Å². The fourth-order valence-corrected chi connectivity index (χ4v) is 8.80. The van der Waals surface area contributed by atoms with Crippen molar-refractivity contribution < 1.29 is 29.3 Å². The van der Waals surface area contributed by atoms with Gasteiger partial charge in [-0.1, -0.05) is 39.8 Å². The summed E-state index contributed by atoms with van der Waals surface area (Å²) in [5.74, 6) is -0.781. The van der Waals surface area contributed by atoms with E-state index in [1.54, 1.807) is 0 Å². The Hall–Kier alpha value is -3.62. The third-order valence-corrected chi connectivity index (χ3v) is 11.7. The summed E-state index contributed by atoms with van der Waals surface area (Å²) in [6.45, 7) is 8.29. The van der Waals surface area contributed by atoms with E-state index in [-0.39, 0.29) is 25.0 Å². The van der Waals surface area contributed by atoms with Gasteiger partial charge in [-0.05, 0) is 111 Å². The van der Waals surface area contributed by atoms with Crippen molar-refractivity contribution in [3.63, 3.8) is 0 Å². The topological polar surface area (TPSA) is 125 Å². The SMILES string of the molecule is CCC(CC)(OC(=O)CC(=O)OC(CC)(CC)C1CCc2c([nH]c3ccc(CO)cc23)C1)C1CCc2c([nH]c3ccc(CO)cc23)C1. The van der Waals surface area contributed by atoms with Crippen LogP contribution in [0.5, 0.6) is 0 Å². The predicted molar refractivity (Wildman–Crippen MR) is 183 cm³/mol. The minimum Gasteiger partial charge on any atom is -0.458 e. The molecule has 4 aromatic rings. The Balaban J connectivity index is 1.13. The Morgan fingerprint density at radius 3 is 1.47 bits per heavy atom. The summed E-state index contributed by atoms with van der Waals surface area (Å²) in [7, 11) is 0. The molecule has 2 aliphatic carbocycles. The molecule has 0 fully saturated rings. The molecule has 0 amide bonds. The molecule has 2 atom stereocenters. The molecule has 2 aliphatic rings. The van der Waals surface area contributed by atoms with Gasteiger partial charge in [-0.25, -0.2) is 0 Å². The van der Waals surface area contributed by atoms with Gasteiger partial charge >= 0.3 is 11.9 Å². The van der Waals surface area contributed by atoms with Crippen LogP contribution in [0, 0.1) is 11.8 Å². The van der Waals surface area contributed by atoms with E-state index >= 15 is 0 Å². The van der Waals surface area contributed by atoms with Gasteiger partial charge in [0.25, 0.3) is 0 Å². The summed E-state index contributed by atoms with van der Waals surface area (Å²) in [5.41, 5.74) is 7.51. The molecular formula is C39H50N2O6. The molecule has 2 heterocycles. The second-order valence-corrected chi connectivity index (χ2v) is 13.8. The van der Waals surface area contributed by atoms with Gasteiger partial charge in [-0.15, -0.1) is 0 Å². The van der Waals surface area contributed by atoms with Crippen molar-refractivity contribution in [3.8, 4) is 0 Å². The van der Waals surface area contributed by atoms with Crippen molar-refractivity contribution >= 4 is 33.7 Å². The van der Waals surface area contributed by atoms with Crippen LogP contribution in [0.3, 0.4) is 0 Å². The lowest BCUT2D eigenvalue weighted by Crippen LogP contribution is -2.46. The molecular weight excluding hydrogens is 592 g/mol. The van der Waals surface area contributed by atoms with Crippen LogP contribution in [0.15, 0.2) is 36.4 Å². The van der Waals surface area contributed by atoms with Crippen LogP contribution in [0.25, 0.3) is 21.8 Å². The number of ether oxygens (including phenoxy) is 2. The van der Waals surface area contributed by atoms with Crippen LogP contribution in [0.4, 0.5) is 0 Å². The highest BCUT2D eigenvalue weighted by Gasteiger charge is 2.44. The number of fused-ring (bicyclic) bond motifs is 6. The molecule has 0 saturated carbocycles. The maximum absolute atomic E-state index is 13.5. The molecule has 0 spiro atoms. The number of aliphatic hydroxyl groups is 2. The first-order chi connectivity index (χ1) is 22.7. The lowest BCUT2D eigenvalue weighted by Gasteiger charge is -2.42. The van der Waals surface area contributed by atoms with Crippen molar-refractivity contribution in [3.05, 3.63) is 70.0 Å². The largest absolute Gasteiger partial charge is 0.458 e. The molecule has 0 bridgehead atoms. The molecule has 0 radical (unpaired) electrons. The highest BCUT2D eigenvalue weighted by molar-refractivity contribution is 5.91. The zero-order valence-corrected chi connectivity index (χ0v) is 28.3.